The van der Waals surface area contributed by atoms with Gasteiger partial charge < -0.3 is 5.32 Å². The molecule has 5 nitrogen and oxygen atoms in total. The molecule has 0 radical (unpaired) electrons. The Morgan fingerprint density at radius 3 is 2.80 bits per heavy atom. The first kappa shape index (κ1) is 14.2. The van der Waals surface area contributed by atoms with Gasteiger partial charge in [0.25, 0.3) is 5.69 Å². The van der Waals surface area contributed by atoms with Gasteiger partial charge in [0, 0.05) is 35.4 Å². The summed E-state index contributed by atoms with van der Waals surface area (Å²) < 4.78 is 0. The van der Waals surface area contributed by atoms with Gasteiger partial charge in [-0.2, -0.15) is 0 Å². The van der Waals surface area contributed by atoms with Crippen LogP contribution in [0.1, 0.15) is 26.0 Å². The molecule has 1 aromatic carbocycles. The van der Waals surface area contributed by atoms with Gasteiger partial charge in [-0.1, -0.05) is 20.3 Å². The van der Waals surface area contributed by atoms with Gasteiger partial charge in [-0.15, -0.1) is 0 Å². The number of non-ortho nitro benzene ring substituents is 1. The van der Waals surface area contributed by atoms with E-state index in [-0.39, 0.29) is 10.6 Å². The number of aryl methyl sites for hydroxylation is 1. The fraction of sp³-hybridized carbons (Fsp3) is 0.400. The van der Waals surface area contributed by atoms with Gasteiger partial charge in [0.05, 0.1) is 10.4 Å². The van der Waals surface area contributed by atoms with Crippen LogP contribution in [0, 0.1) is 23.0 Å². The Kier molecular flexibility index (Phi) is 4.17. The van der Waals surface area contributed by atoms with E-state index in [0.29, 0.717) is 5.92 Å². The Morgan fingerprint density at radius 1 is 1.40 bits per heavy atom. The van der Waals surface area contributed by atoms with Crippen LogP contribution in [0.25, 0.3) is 10.9 Å². The Balaban J connectivity index is 2.44. The lowest BCUT2D eigenvalue weighted by Gasteiger charge is -2.14. The summed E-state index contributed by atoms with van der Waals surface area (Å²) in [4.78, 5) is 14.9. The van der Waals surface area contributed by atoms with Gasteiger partial charge in [-0.05, 0) is 25.0 Å². The number of anilines is 1. The second kappa shape index (κ2) is 5.86. The first-order chi connectivity index (χ1) is 9.51. The summed E-state index contributed by atoms with van der Waals surface area (Å²) >= 11 is 0. The second-order valence-corrected chi connectivity index (χ2v) is 5.16. The van der Waals surface area contributed by atoms with Crippen molar-refractivity contribution in [3.05, 3.63) is 40.1 Å². The van der Waals surface area contributed by atoms with Crippen molar-refractivity contribution in [2.75, 3.05) is 11.9 Å². The second-order valence-electron chi connectivity index (χ2n) is 5.16. The van der Waals surface area contributed by atoms with Crippen LogP contribution in [0.5, 0.6) is 0 Å². The minimum Gasteiger partial charge on any atom is -0.384 e. The third-order valence-electron chi connectivity index (χ3n) is 3.47. The molecule has 106 valence electrons. The van der Waals surface area contributed by atoms with E-state index >= 15 is 0 Å². The number of nitrogens with zero attached hydrogens (tertiary/aromatic N) is 2. The van der Waals surface area contributed by atoms with Crippen LogP contribution in [0.2, 0.25) is 0 Å². The maximum absolute atomic E-state index is 10.9. The normalized spacial score (nSPS) is 12.3. The van der Waals surface area contributed by atoms with Crippen molar-refractivity contribution >= 4 is 22.3 Å². The number of nitro benzene ring substituents is 1. The largest absolute Gasteiger partial charge is 0.384 e. The number of pyridine rings is 1. The zero-order valence-corrected chi connectivity index (χ0v) is 12.0. The first-order valence-corrected chi connectivity index (χ1v) is 6.81. The van der Waals surface area contributed by atoms with Crippen LogP contribution in [0.3, 0.4) is 0 Å². The third kappa shape index (κ3) is 3.04. The van der Waals surface area contributed by atoms with Crippen molar-refractivity contribution in [1.82, 2.24) is 4.98 Å². The van der Waals surface area contributed by atoms with Gasteiger partial charge in [0.2, 0.25) is 0 Å². The monoisotopic (exact) mass is 273 g/mol. The van der Waals surface area contributed by atoms with E-state index in [0.717, 1.165) is 35.2 Å². The predicted molar refractivity (Wildman–Crippen MR) is 81.1 cm³/mol. The van der Waals surface area contributed by atoms with Gasteiger partial charge in [0.15, 0.2) is 0 Å². The maximum atomic E-state index is 10.9. The topological polar surface area (TPSA) is 68.1 Å². The highest BCUT2D eigenvalue weighted by atomic mass is 16.6. The van der Waals surface area contributed by atoms with Crippen molar-refractivity contribution in [1.29, 1.82) is 0 Å². The minimum absolute atomic E-state index is 0.0924. The standard InChI is InChI=1S/C15H19N3O2/c1-4-10(2)9-16-15-7-11(3)17-14-6-5-12(18(19)20)8-13(14)15/h5-8,10H,4,9H2,1-3H3,(H,16,17). The highest BCUT2D eigenvalue weighted by Crippen LogP contribution is 2.27. The van der Waals surface area contributed by atoms with Crippen molar-refractivity contribution in [2.45, 2.75) is 27.2 Å². The molecule has 2 aromatic rings. The molecule has 1 N–H and O–H groups in total. The average molecular weight is 273 g/mol. The van der Waals surface area contributed by atoms with Gasteiger partial charge in [-0.3, -0.25) is 15.1 Å². The molecule has 0 saturated heterocycles. The van der Waals surface area contributed by atoms with E-state index in [1.807, 2.05) is 13.0 Å². The molecular weight excluding hydrogens is 254 g/mol. The Bertz CT molecular complexity index is 640. The Morgan fingerprint density at radius 2 is 2.15 bits per heavy atom. The maximum Gasteiger partial charge on any atom is 0.270 e. The van der Waals surface area contributed by atoms with Crippen LogP contribution in [-0.2, 0) is 0 Å². The van der Waals surface area contributed by atoms with Crippen molar-refractivity contribution < 1.29 is 4.92 Å². The van der Waals surface area contributed by atoms with Crippen molar-refractivity contribution in [2.24, 2.45) is 5.92 Å². The van der Waals surface area contributed by atoms with E-state index < -0.39 is 0 Å². The molecule has 1 unspecified atom stereocenters. The summed E-state index contributed by atoms with van der Waals surface area (Å²) in [7, 11) is 0. The highest BCUT2D eigenvalue weighted by molar-refractivity contribution is 5.93. The molecule has 2 rings (SSSR count). The number of fused-ring (bicyclic) bond motifs is 1. The van der Waals surface area contributed by atoms with Crippen molar-refractivity contribution in [3.8, 4) is 0 Å². The summed E-state index contributed by atoms with van der Waals surface area (Å²) in [5.74, 6) is 0.553. The number of hydrogen-bond acceptors (Lipinski definition) is 4. The predicted octanol–water partition coefficient (Wildman–Crippen LogP) is 3.91. The lowest BCUT2D eigenvalue weighted by Crippen LogP contribution is -2.11. The van der Waals surface area contributed by atoms with Crippen LogP contribution < -0.4 is 5.32 Å². The van der Waals surface area contributed by atoms with E-state index in [1.54, 1.807) is 12.1 Å². The van der Waals surface area contributed by atoms with Gasteiger partial charge in [0.1, 0.15) is 0 Å². The third-order valence-corrected chi connectivity index (χ3v) is 3.47. The van der Waals surface area contributed by atoms with Crippen LogP contribution in [0.4, 0.5) is 11.4 Å². The lowest BCUT2D eigenvalue weighted by atomic mass is 10.1. The molecule has 0 fully saturated rings. The number of nitro groups is 1. The van der Waals surface area contributed by atoms with Gasteiger partial charge >= 0.3 is 0 Å². The molecule has 0 amide bonds. The molecule has 0 aliphatic heterocycles. The summed E-state index contributed by atoms with van der Waals surface area (Å²) in [6.45, 7) is 7.09. The summed E-state index contributed by atoms with van der Waals surface area (Å²) in [5, 5.41) is 15.1. The molecule has 1 atom stereocenters. The number of hydrogen-bond donors (Lipinski definition) is 1. The SMILES string of the molecule is CCC(C)CNc1cc(C)nc2ccc([N+](=O)[O-])cc12. The van der Waals surface area contributed by atoms with Crippen molar-refractivity contribution in [3.63, 3.8) is 0 Å². The fourth-order valence-electron chi connectivity index (χ4n) is 2.03. The van der Waals surface area contributed by atoms with E-state index in [9.17, 15) is 10.1 Å². The van der Waals surface area contributed by atoms with Crippen LogP contribution >= 0.6 is 0 Å². The number of nitrogens with one attached hydrogen (secondary N) is 1. The molecule has 20 heavy (non-hydrogen) atoms. The highest BCUT2D eigenvalue weighted by Gasteiger charge is 2.11. The number of benzene rings is 1. The molecule has 0 bridgehead atoms. The van der Waals surface area contributed by atoms with E-state index in [1.165, 1.54) is 6.07 Å². The van der Waals surface area contributed by atoms with E-state index in [4.69, 9.17) is 0 Å². The smallest absolute Gasteiger partial charge is 0.270 e. The fourth-order valence-corrected chi connectivity index (χ4v) is 2.03. The number of aromatic nitrogens is 1. The van der Waals surface area contributed by atoms with Crippen LogP contribution in [0.15, 0.2) is 24.3 Å². The first-order valence-electron chi connectivity index (χ1n) is 6.81. The summed E-state index contributed by atoms with van der Waals surface area (Å²) in [6, 6.07) is 6.72. The molecule has 0 aliphatic rings. The Hall–Kier alpha value is -2.17. The molecule has 0 aliphatic carbocycles. The summed E-state index contributed by atoms with van der Waals surface area (Å²) in [5.41, 5.74) is 2.69. The van der Waals surface area contributed by atoms with Gasteiger partial charge in [-0.25, -0.2) is 0 Å². The zero-order chi connectivity index (χ0) is 14.7. The molecular formula is C15H19N3O2. The van der Waals surface area contributed by atoms with E-state index in [2.05, 4.69) is 24.1 Å². The lowest BCUT2D eigenvalue weighted by molar-refractivity contribution is -0.384. The van der Waals surface area contributed by atoms with Crippen LogP contribution in [-0.4, -0.2) is 16.5 Å². The molecule has 5 heteroatoms. The quantitative estimate of drug-likeness (QED) is 0.662. The Labute approximate surface area is 118 Å². The summed E-state index contributed by atoms with van der Waals surface area (Å²) in [6.07, 6.45) is 1.09. The average Bonchev–Trinajstić information content (AvgIpc) is 2.43. The molecule has 0 spiro atoms. The molecule has 0 saturated carbocycles. The number of rotatable bonds is 5. The minimum atomic E-state index is -0.377. The molecule has 1 aromatic heterocycles. The molecule has 1 heterocycles. The zero-order valence-electron chi connectivity index (χ0n) is 12.0.